The van der Waals surface area contributed by atoms with Crippen LogP contribution in [0.3, 0.4) is 0 Å². The lowest BCUT2D eigenvalue weighted by atomic mass is 10.1. The Morgan fingerprint density at radius 3 is 2.69 bits per heavy atom. The molecule has 0 radical (unpaired) electrons. The molecule has 0 atom stereocenters. The van der Waals surface area contributed by atoms with Crippen molar-refractivity contribution in [2.75, 3.05) is 25.1 Å². The SMILES string of the molecule is O=C(COc1cccc2ccccc12)Nc1ccc2c(c1)OCCCO2. The van der Waals surface area contributed by atoms with Gasteiger partial charge in [0.1, 0.15) is 5.75 Å². The summed E-state index contributed by atoms with van der Waals surface area (Å²) in [6.07, 6.45) is 0.843. The second-order valence-electron chi connectivity index (χ2n) is 6.03. The number of ether oxygens (including phenoxy) is 3. The molecular formula is C21H19NO4. The van der Waals surface area contributed by atoms with Crippen LogP contribution in [0.2, 0.25) is 0 Å². The van der Waals surface area contributed by atoms with Crippen molar-refractivity contribution in [1.29, 1.82) is 0 Å². The molecular weight excluding hydrogens is 330 g/mol. The lowest BCUT2D eigenvalue weighted by Gasteiger charge is -2.12. The van der Waals surface area contributed by atoms with Gasteiger partial charge in [-0.25, -0.2) is 0 Å². The normalized spacial score (nSPS) is 13.1. The molecule has 1 heterocycles. The smallest absolute Gasteiger partial charge is 0.262 e. The third kappa shape index (κ3) is 3.57. The van der Waals surface area contributed by atoms with Crippen LogP contribution < -0.4 is 19.5 Å². The number of amides is 1. The predicted molar refractivity (Wildman–Crippen MR) is 100 cm³/mol. The maximum absolute atomic E-state index is 12.2. The van der Waals surface area contributed by atoms with Gasteiger partial charge in [-0.15, -0.1) is 0 Å². The van der Waals surface area contributed by atoms with Gasteiger partial charge in [0, 0.05) is 23.6 Å². The maximum atomic E-state index is 12.2. The molecule has 132 valence electrons. The summed E-state index contributed by atoms with van der Waals surface area (Å²) in [5.74, 6) is 1.81. The van der Waals surface area contributed by atoms with Gasteiger partial charge in [0.05, 0.1) is 13.2 Å². The van der Waals surface area contributed by atoms with E-state index >= 15 is 0 Å². The first kappa shape index (κ1) is 16.3. The maximum Gasteiger partial charge on any atom is 0.262 e. The van der Waals surface area contributed by atoms with E-state index in [9.17, 15) is 4.79 Å². The largest absolute Gasteiger partial charge is 0.490 e. The number of hydrogen-bond donors (Lipinski definition) is 1. The summed E-state index contributed by atoms with van der Waals surface area (Å²) in [5.41, 5.74) is 0.653. The molecule has 0 spiro atoms. The monoisotopic (exact) mass is 349 g/mol. The van der Waals surface area contributed by atoms with Gasteiger partial charge in [-0.3, -0.25) is 4.79 Å². The van der Waals surface area contributed by atoms with E-state index in [0.717, 1.165) is 17.2 Å². The Bertz CT molecular complexity index is 933. The molecule has 0 aromatic heterocycles. The number of fused-ring (bicyclic) bond motifs is 2. The van der Waals surface area contributed by atoms with E-state index in [4.69, 9.17) is 14.2 Å². The Labute approximate surface area is 151 Å². The van der Waals surface area contributed by atoms with Crippen molar-refractivity contribution in [3.63, 3.8) is 0 Å². The molecule has 0 unspecified atom stereocenters. The number of anilines is 1. The molecule has 1 aliphatic rings. The highest BCUT2D eigenvalue weighted by Crippen LogP contribution is 2.32. The number of benzene rings is 3. The molecule has 0 saturated heterocycles. The Kier molecular flexibility index (Phi) is 4.60. The quantitative estimate of drug-likeness (QED) is 0.773. The molecule has 0 saturated carbocycles. The summed E-state index contributed by atoms with van der Waals surface area (Å²) < 4.78 is 17.0. The third-order valence-corrected chi connectivity index (χ3v) is 4.14. The molecule has 5 heteroatoms. The third-order valence-electron chi connectivity index (χ3n) is 4.14. The zero-order valence-corrected chi connectivity index (χ0v) is 14.2. The van der Waals surface area contributed by atoms with Gasteiger partial charge in [-0.2, -0.15) is 0 Å². The lowest BCUT2D eigenvalue weighted by molar-refractivity contribution is -0.118. The van der Waals surface area contributed by atoms with Crippen LogP contribution in [-0.2, 0) is 4.79 Å². The Balaban J connectivity index is 1.42. The van der Waals surface area contributed by atoms with E-state index in [1.165, 1.54) is 0 Å². The van der Waals surface area contributed by atoms with Gasteiger partial charge in [-0.1, -0.05) is 36.4 Å². The van der Waals surface area contributed by atoms with Crippen LogP contribution in [0.25, 0.3) is 10.8 Å². The van der Waals surface area contributed by atoms with Crippen molar-refractivity contribution < 1.29 is 19.0 Å². The summed E-state index contributed by atoms with van der Waals surface area (Å²) in [5, 5.41) is 4.89. The number of hydrogen-bond acceptors (Lipinski definition) is 4. The second kappa shape index (κ2) is 7.35. The van der Waals surface area contributed by atoms with Gasteiger partial charge in [0.2, 0.25) is 0 Å². The first-order chi connectivity index (χ1) is 12.8. The highest BCUT2D eigenvalue weighted by atomic mass is 16.5. The first-order valence-electron chi connectivity index (χ1n) is 8.60. The van der Waals surface area contributed by atoms with Crippen LogP contribution in [0.4, 0.5) is 5.69 Å². The topological polar surface area (TPSA) is 56.8 Å². The zero-order valence-electron chi connectivity index (χ0n) is 14.2. The van der Waals surface area contributed by atoms with E-state index in [1.807, 2.05) is 48.5 Å². The molecule has 0 aliphatic carbocycles. The van der Waals surface area contributed by atoms with Crippen molar-refractivity contribution in [1.82, 2.24) is 0 Å². The van der Waals surface area contributed by atoms with Gasteiger partial charge in [0.25, 0.3) is 5.91 Å². The molecule has 26 heavy (non-hydrogen) atoms. The van der Waals surface area contributed by atoms with Crippen molar-refractivity contribution in [2.45, 2.75) is 6.42 Å². The molecule has 1 N–H and O–H groups in total. The number of nitrogens with one attached hydrogen (secondary N) is 1. The van der Waals surface area contributed by atoms with Crippen LogP contribution in [-0.4, -0.2) is 25.7 Å². The average Bonchev–Trinajstić information content (AvgIpc) is 2.91. The van der Waals surface area contributed by atoms with Crippen LogP contribution in [0.15, 0.2) is 60.7 Å². The summed E-state index contributed by atoms with van der Waals surface area (Å²) in [4.78, 5) is 12.2. The summed E-state index contributed by atoms with van der Waals surface area (Å²) in [6, 6.07) is 19.1. The molecule has 1 aliphatic heterocycles. The minimum absolute atomic E-state index is 0.0670. The highest BCUT2D eigenvalue weighted by Gasteiger charge is 2.12. The van der Waals surface area contributed by atoms with E-state index in [-0.39, 0.29) is 12.5 Å². The van der Waals surface area contributed by atoms with Crippen molar-refractivity contribution in [3.8, 4) is 17.2 Å². The fraction of sp³-hybridized carbons (Fsp3) is 0.190. The van der Waals surface area contributed by atoms with Gasteiger partial charge < -0.3 is 19.5 Å². The van der Waals surface area contributed by atoms with Gasteiger partial charge >= 0.3 is 0 Å². The van der Waals surface area contributed by atoms with E-state index in [2.05, 4.69) is 5.32 Å². The molecule has 5 nitrogen and oxygen atoms in total. The van der Waals surface area contributed by atoms with Crippen molar-refractivity contribution in [3.05, 3.63) is 60.7 Å². The van der Waals surface area contributed by atoms with Gasteiger partial charge in [0.15, 0.2) is 18.1 Å². The predicted octanol–water partition coefficient (Wildman–Crippen LogP) is 4.02. The fourth-order valence-electron chi connectivity index (χ4n) is 2.90. The van der Waals surface area contributed by atoms with E-state index in [1.54, 1.807) is 12.1 Å². The molecule has 4 rings (SSSR count). The van der Waals surface area contributed by atoms with E-state index in [0.29, 0.717) is 36.1 Å². The first-order valence-corrected chi connectivity index (χ1v) is 8.60. The van der Waals surface area contributed by atoms with Crippen LogP contribution in [0, 0.1) is 0 Å². The summed E-state index contributed by atoms with van der Waals surface area (Å²) in [6.45, 7) is 1.18. The summed E-state index contributed by atoms with van der Waals surface area (Å²) >= 11 is 0. The summed E-state index contributed by atoms with van der Waals surface area (Å²) in [7, 11) is 0. The minimum atomic E-state index is -0.229. The number of carbonyl (C=O) groups excluding carboxylic acids is 1. The molecule has 0 bridgehead atoms. The Morgan fingerprint density at radius 2 is 1.77 bits per heavy atom. The molecule has 3 aromatic rings. The highest BCUT2D eigenvalue weighted by molar-refractivity contribution is 5.93. The van der Waals surface area contributed by atoms with Crippen LogP contribution in [0.1, 0.15) is 6.42 Å². The van der Waals surface area contributed by atoms with E-state index < -0.39 is 0 Å². The molecule has 3 aromatic carbocycles. The van der Waals surface area contributed by atoms with Crippen molar-refractivity contribution in [2.24, 2.45) is 0 Å². The number of rotatable bonds is 4. The Morgan fingerprint density at radius 1 is 0.962 bits per heavy atom. The fourth-order valence-corrected chi connectivity index (χ4v) is 2.90. The van der Waals surface area contributed by atoms with Gasteiger partial charge in [-0.05, 0) is 23.6 Å². The van der Waals surface area contributed by atoms with Crippen LogP contribution in [0.5, 0.6) is 17.2 Å². The lowest BCUT2D eigenvalue weighted by Crippen LogP contribution is -2.20. The average molecular weight is 349 g/mol. The minimum Gasteiger partial charge on any atom is -0.490 e. The number of carbonyl (C=O) groups is 1. The standard InChI is InChI=1S/C21H19NO4/c23-21(14-26-18-8-3-6-15-5-1-2-7-17(15)18)22-16-9-10-19-20(13-16)25-12-4-11-24-19/h1-3,5-10,13H,4,11-12,14H2,(H,22,23). The van der Waals surface area contributed by atoms with Crippen molar-refractivity contribution >= 4 is 22.4 Å². The molecule has 1 amide bonds. The zero-order chi connectivity index (χ0) is 17.8. The van der Waals surface area contributed by atoms with Crippen LogP contribution >= 0.6 is 0 Å². The Hall–Kier alpha value is -3.21. The second-order valence-corrected chi connectivity index (χ2v) is 6.03. The molecule has 0 fully saturated rings.